The lowest BCUT2D eigenvalue weighted by molar-refractivity contribution is 0.541. The van der Waals surface area contributed by atoms with E-state index in [1.54, 1.807) is 6.07 Å². The second-order valence-electron chi connectivity index (χ2n) is 3.98. The Hall–Kier alpha value is -0.860. The van der Waals surface area contributed by atoms with Crippen LogP contribution in [0.5, 0.6) is 0 Å². The molecule has 0 saturated carbocycles. The zero-order chi connectivity index (χ0) is 12.1. The molecule has 3 heteroatoms. The van der Waals surface area contributed by atoms with Gasteiger partial charge in [-0.15, -0.1) is 6.58 Å². The van der Waals surface area contributed by atoms with Crippen molar-refractivity contribution in [3.8, 4) is 0 Å². The quantitative estimate of drug-likeness (QED) is 0.766. The van der Waals surface area contributed by atoms with Crippen molar-refractivity contribution in [1.82, 2.24) is 5.32 Å². The fraction of sp³-hybridized carbons (Fsp3) is 0.385. The van der Waals surface area contributed by atoms with Crippen LogP contribution in [0.2, 0.25) is 5.02 Å². The van der Waals surface area contributed by atoms with E-state index in [9.17, 15) is 4.39 Å². The molecule has 1 N–H and O–H groups in total. The van der Waals surface area contributed by atoms with Gasteiger partial charge in [-0.1, -0.05) is 29.3 Å². The molecule has 1 aromatic rings. The Morgan fingerprint density at radius 1 is 1.56 bits per heavy atom. The Kier molecular flexibility index (Phi) is 4.97. The first-order valence-corrected chi connectivity index (χ1v) is 5.69. The largest absolute Gasteiger partial charge is 0.313 e. The van der Waals surface area contributed by atoms with Crippen LogP contribution in [-0.2, 0) is 0 Å². The minimum Gasteiger partial charge on any atom is -0.313 e. The van der Waals surface area contributed by atoms with Gasteiger partial charge in [0, 0.05) is 6.04 Å². The van der Waals surface area contributed by atoms with Crippen molar-refractivity contribution >= 4 is 11.6 Å². The van der Waals surface area contributed by atoms with E-state index in [2.05, 4.69) is 11.9 Å². The average molecular weight is 242 g/mol. The molecule has 0 aliphatic rings. The topological polar surface area (TPSA) is 12.0 Å². The molecule has 16 heavy (non-hydrogen) atoms. The molecule has 88 valence electrons. The summed E-state index contributed by atoms with van der Waals surface area (Å²) in [5.74, 6) is -0.366. The number of halogens is 2. The fourth-order valence-electron chi connectivity index (χ4n) is 1.64. The molecule has 1 nitrogen and oxygen atoms in total. The highest BCUT2D eigenvalue weighted by Gasteiger charge is 2.14. The Morgan fingerprint density at radius 2 is 2.25 bits per heavy atom. The Morgan fingerprint density at radius 3 is 2.81 bits per heavy atom. The Labute approximate surface area is 101 Å². The summed E-state index contributed by atoms with van der Waals surface area (Å²) in [5, 5.41) is 3.36. The molecule has 0 aliphatic carbocycles. The van der Waals surface area contributed by atoms with E-state index in [0.29, 0.717) is 0 Å². The fourth-order valence-corrected chi connectivity index (χ4v) is 1.89. The van der Waals surface area contributed by atoms with Gasteiger partial charge in [0.2, 0.25) is 0 Å². The molecule has 0 aromatic heterocycles. The van der Waals surface area contributed by atoms with E-state index >= 15 is 0 Å². The summed E-state index contributed by atoms with van der Waals surface area (Å²) in [4.78, 5) is 0. The average Bonchev–Trinajstić information content (AvgIpc) is 2.24. The molecular formula is C13H17ClFN. The number of hydrogen-bond acceptors (Lipinski definition) is 1. The van der Waals surface area contributed by atoms with Gasteiger partial charge >= 0.3 is 0 Å². The molecule has 1 atom stereocenters. The van der Waals surface area contributed by atoms with Crippen LogP contribution in [0.4, 0.5) is 4.39 Å². The molecule has 1 unspecified atom stereocenters. The maximum Gasteiger partial charge on any atom is 0.142 e. The van der Waals surface area contributed by atoms with Crippen molar-refractivity contribution in [1.29, 1.82) is 0 Å². The highest BCUT2D eigenvalue weighted by molar-refractivity contribution is 6.31. The summed E-state index contributed by atoms with van der Waals surface area (Å²) < 4.78 is 13.3. The van der Waals surface area contributed by atoms with Crippen LogP contribution in [0.3, 0.4) is 0 Å². The maximum absolute atomic E-state index is 13.3. The standard InChI is InChI=1S/C13H17ClFN/c1-9(2)7-8-12(16-3)10-5-4-6-11(15)13(10)14/h4-6,12,16H,1,7-8H2,2-3H3. The van der Waals surface area contributed by atoms with Crippen LogP contribution in [0, 0.1) is 5.82 Å². The maximum atomic E-state index is 13.3. The Balaban J connectivity index is 2.86. The molecular weight excluding hydrogens is 225 g/mol. The van der Waals surface area contributed by atoms with Crippen molar-refractivity contribution in [3.05, 3.63) is 46.8 Å². The van der Waals surface area contributed by atoms with Crippen molar-refractivity contribution in [2.24, 2.45) is 0 Å². The zero-order valence-corrected chi connectivity index (χ0v) is 10.4. The summed E-state index contributed by atoms with van der Waals surface area (Å²) in [6, 6.07) is 4.98. The first-order valence-electron chi connectivity index (χ1n) is 5.31. The summed E-state index contributed by atoms with van der Waals surface area (Å²) in [6.45, 7) is 5.85. The van der Waals surface area contributed by atoms with Crippen LogP contribution in [0.1, 0.15) is 31.4 Å². The normalized spacial score (nSPS) is 12.5. The molecule has 0 amide bonds. The van der Waals surface area contributed by atoms with Crippen molar-refractivity contribution in [3.63, 3.8) is 0 Å². The molecule has 1 aromatic carbocycles. The van der Waals surface area contributed by atoms with Gasteiger partial charge in [0.25, 0.3) is 0 Å². The minimum atomic E-state index is -0.366. The van der Waals surface area contributed by atoms with Gasteiger partial charge in [-0.25, -0.2) is 4.39 Å². The SMILES string of the molecule is C=C(C)CCC(NC)c1cccc(F)c1Cl. The lowest BCUT2D eigenvalue weighted by Gasteiger charge is -2.18. The number of nitrogens with one attached hydrogen (secondary N) is 1. The van der Waals surface area contributed by atoms with Crippen LogP contribution < -0.4 is 5.32 Å². The van der Waals surface area contributed by atoms with E-state index in [0.717, 1.165) is 24.0 Å². The Bertz CT molecular complexity index is 376. The molecule has 0 spiro atoms. The first kappa shape index (κ1) is 13.2. The van der Waals surface area contributed by atoms with Gasteiger partial charge in [0.05, 0.1) is 5.02 Å². The van der Waals surface area contributed by atoms with Crippen LogP contribution in [-0.4, -0.2) is 7.05 Å². The van der Waals surface area contributed by atoms with Crippen LogP contribution in [0.15, 0.2) is 30.4 Å². The predicted molar refractivity (Wildman–Crippen MR) is 67.3 cm³/mol. The van der Waals surface area contributed by atoms with E-state index in [4.69, 9.17) is 11.6 Å². The highest BCUT2D eigenvalue weighted by Crippen LogP contribution is 2.28. The molecule has 0 bridgehead atoms. The third kappa shape index (κ3) is 3.32. The van der Waals surface area contributed by atoms with Crippen molar-refractivity contribution in [2.75, 3.05) is 7.05 Å². The second-order valence-corrected chi connectivity index (χ2v) is 4.36. The summed E-state index contributed by atoms with van der Waals surface area (Å²) >= 11 is 5.94. The van der Waals surface area contributed by atoms with E-state index in [1.807, 2.05) is 20.0 Å². The predicted octanol–water partition coefficient (Wildman–Crippen LogP) is 4.10. The molecule has 0 saturated heterocycles. The smallest absolute Gasteiger partial charge is 0.142 e. The van der Waals surface area contributed by atoms with Gasteiger partial charge < -0.3 is 5.32 Å². The second kappa shape index (κ2) is 6.02. The summed E-state index contributed by atoms with van der Waals surface area (Å²) in [6.07, 6.45) is 1.77. The van der Waals surface area contributed by atoms with Gasteiger partial charge in [0.15, 0.2) is 0 Å². The van der Waals surface area contributed by atoms with Gasteiger partial charge in [0.1, 0.15) is 5.82 Å². The third-order valence-electron chi connectivity index (χ3n) is 2.57. The van der Waals surface area contributed by atoms with Gasteiger partial charge in [-0.3, -0.25) is 0 Å². The number of allylic oxidation sites excluding steroid dienone is 1. The molecule has 0 fully saturated rings. The van der Waals surface area contributed by atoms with E-state index in [-0.39, 0.29) is 16.9 Å². The molecule has 0 aliphatic heterocycles. The van der Waals surface area contributed by atoms with Crippen molar-refractivity contribution < 1.29 is 4.39 Å². The lowest BCUT2D eigenvalue weighted by Crippen LogP contribution is -2.17. The molecule has 1 rings (SSSR count). The third-order valence-corrected chi connectivity index (χ3v) is 2.96. The zero-order valence-electron chi connectivity index (χ0n) is 9.69. The van der Waals surface area contributed by atoms with E-state index in [1.165, 1.54) is 6.07 Å². The van der Waals surface area contributed by atoms with Crippen LogP contribution in [0.25, 0.3) is 0 Å². The first-order chi connectivity index (χ1) is 7.56. The van der Waals surface area contributed by atoms with Gasteiger partial charge in [-0.2, -0.15) is 0 Å². The van der Waals surface area contributed by atoms with Gasteiger partial charge in [-0.05, 0) is 38.4 Å². The van der Waals surface area contributed by atoms with E-state index < -0.39 is 0 Å². The summed E-state index contributed by atoms with van der Waals surface area (Å²) in [5.41, 5.74) is 1.93. The number of rotatable bonds is 5. The molecule has 0 heterocycles. The molecule has 0 radical (unpaired) electrons. The number of hydrogen-bond donors (Lipinski definition) is 1. The number of benzene rings is 1. The highest BCUT2D eigenvalue weighted by atomic mass is 35.5. The lowest BCUT2D eigenvalue weighted by atomic mass is 10.00. The monoisotopic (exact) mass is 241 g/mol. The van der Waals surface area contributed by atoms with Crippen LogP contribution >= 0.6 is 11.6 Å². The minimum absolute atomic E-state index is 0.0694. The van der Waals surface area contributed by atoms with Crippen molar-refractivity contribution in [2.45, 2.75) is 25.8 Å². The summed E-state index contributed by atoms with van der Waals surface area (Å²) in [7, 11) is 1.85.